The first-order valence-electron chi connectivity index (χ1n) is 8.18. The van der Waals surface area contributed by atoms with Crippen LogP contribution < -0.4 is 9.47 Å². The molecule has 28 heavy (non-hydrogen) atoms. The number of aliphatic carboxylic acids is 1. The molecule has 6 nitrogen and oxygen atoms in total. The summed E-state index contributed by atoms with van der Waals surface area (Å²) in [6.07, 6.45) is 2.98. The second-order valence-electron chi connectivity index (χ2n) is 5.65. The lowest BCUT2D eigenvalue weighted by Crippen LogP contribution is -2.06. The maximum absolute atomic E-state index is 9.62. The van der Waals surface area contributed by atoms with Gasteiger partial charge in [0.15, 0.2) is 17.9 Å². The normalized spacial score (nSPS) is 11.2. The van der Waals surface area contributed by atoms with E-state index in [1.165, 1.54) is 23.8 Å². The number of thiol groups is 1. The van der Waals surface area contributed by atoms with Gasteiger partial charge in [0.25, 0.3) is 0 Å². The van der Waals surface area contributed by atoms with Crippen LogP contribution in [0.1, 0.15) is 6.92 Å². The topological polar surface area (TPSA) is 81.8 Å². The molecule has 0 fully saturated rings. The number of benzene rings is 2. The molecule has 0 bridgehead atoms. The number of ether oxygens (including phenoxy) is 2. The van der Waals surface area contributed by atoms with Crippen LogP contribution in [-0.4, -0.2) is 35.5 Å². The Balaban J connectivity index is 0.000000178. The van der Waals surface area contributed by atoms with Crippen LogP contribution in [0.15, 0.2) is 53.5 Å². The van der Waals surface area contributed by atoms with Gasteiger partial charge in [0, 0.05) is 15.8 Å². The molecule has 1 aromatic heterocycles. The minimum atomic E-state index is -0.877. The molecule has 148 valence electrons. The lowest BCUT2D eigenvalue weighted by atomic mass is 10.1. The van der Waals surface area contributed by atoms with Crippen LogP contribution in [0.4, 0.5) is 0 Å². The van der Waals surface area contributed by atoms with E-state index in [1.807, 2.05) is 30.3 Å². The van der Waals surface area contributed by atoms with Crippen LogP contribution >= 0.6 is 24.2 Å². The number of methoxy groups -OCH3 is 2. The molecule has 0 spiro atoms. The van der Waals surface area contributed by atoms with E-state index in [2.05, 4.69) is 23.7 Å². The number of carbonyl (C=O) groups is 1. The molecule has 0 aliphatic heterocycles. The Hall–Kier alpha value is -2.64. The van der Waals surface area contributed by atoms with E-state index in [1.54, 1.807) is 20.5 Å². The molecule has 1 atom stereocenters. The number of hydrogen-bond donors (Lipinski definition) is 2. The summed E-state index contributed by atoms with van der Waals surface area (Å²) in [6.45, 7) is 1.51. The molecule has 8 heteroatoms. The third-order valence-corrected chi connectivity index (χ3v) is 4.28. The zero-order valence-electron chi connectivity index (χ0n) is 15.5. The highest BCUT2D eigenvalue weighted by Crippen LogP contribution is 2.31. The number of halogens is 1. The van der Waals surface area contributed by atoms with Crippen molar-refractivity contribution in [3.05, 3.63) is 64.5 Å². The van der Waals surface area contributed by atoms with E-state index in [0.29, 0.717) is 11.5 Å². The number of oxazole rings is 1. The van der Waals surface area contributed by atoms with Gasteiger partial charge in [-0.05, 0) is 36.4 Å². The molecule has 0 saturated carbocycles. The van der Waals surface area contributed by atoms with E-state index in [0.717, 1.165) is 16.3 Å². The summed E-state index contributed by atoms with van der Waals surface area (Å²) in [7, 11) is 3.21. The Morgan fingerprint density at radius 1 is 1.18 bits per heavy atom. The van der Waals surface area contributed by atoms with Crippen molar-refractivity contribution in [2.75, 3.05) is 14.2 Å². The zero-order chi connectivity index (χ0) is 20.7. The van der Waals surface area contributed by atoms with Gasteiger partial charge in [0.1, 0.15) is 12.0 Å². The number of hydrogen-bond acceptors (Lipinski definition) is 6. The minimum Gasteiger partial charge on any atom is -0.493 e. The fourth-order valence-electron chi connectivity index (χ4n) is 2.09. The van der Waals surface area contributed by atoms with Crippen molar-refractivity contribution < 1.29 is 23.8 Å². The summed E-state index contributed by atoms with van der Waals surface area (Å²) < 4.78 is 15.2. The Morgan fingerprint density at radius 2 is 1.86 bits per heavy atom. The summed E-state index contributed by atoms with van der Waals surface area (Å²) in [5.74, 6) is 0.501. The van der Waals surface area contributed by atoms with Crippen LogP contribution in [0.25, 0.3) is 11.3 Å². The van der Waals surface area contributed by atoms with Gasteiger partial charge in [0.2, 0.25) is 0 Å². The Kier molecular flexibility index (Phi) is 7.78. The SMILES string of the molecule is CC(S)C(=O)O.COc1ccc(-c2cocn2)cc1OC.Clc1cc2ccc1=2. The molecule has 1 N–H and O–H groups in total. The van der Waals surface area contributed by atoms with Gasteiger partial charge in [-0.15, -0.1) is 0 Å². The number of aromatic nitrogens is 1. The number of rotatable bonds is 4. The van der Waals surface area contributed by atoms with E-state index < -0.39 is 11.2 Å². The lowest BCUT2D eigenvalue weighted by molar-refractivity contribution is -0.136. The summed E-state index contributed by atoms with van der Waals surface area (Å²) in [5, 5.41) is 10.8. The molecular weight excluding hydrogens is 402 g/mol. The van der Waals surface area contributed by atoms with Crippen molar-refractivity contribution in [1.29, 1.82) is 0 Å². The Labute approximate surface area is 172 Å². The fraction of sp³-hybridized carbons (Fsp3) is 0.200. The minimum absolute atomic E-state index is 0.537. The van der Waals surface area contributed by atoms with Crippen molar-refractivity contribution in [2.24, 2.45) is 0 Å². The van der Waals surface area contributed by atoms with Gasteiger partial charge in [-0.25, -0.2) is 4.98 Å². The predicted octanol–water partition coefficient (Wildman–Crippen LogP) is 4.69. The summed E-state index contributed by atoms with van der Waals surface area (Å²) in [4.78, 5) is 13.7. The highest BCUT2D eigenvalue weighted by Gasteiger charge is 2.07. The van der Waals surface area contributed by atoms with E-state index in [9.17, 15) is 4.79 Å². The lowest BCUT2D eigenvalue weighted by Gasteiger charge is -2.07. The van der Waals surface area contributed by atoms with Gasteiger partial charge in [-0.2, -0.15) is 12.6 Å². The Morgan fingerprint density at radius 3 is 2.18 bits per heavy atom. The van der Waals surface area contributed by atoms with Crippen molar-refractivity contribution in [1.82, 2.24) is 4.98 Å². The third-order valence-electron chi connectivity index (χ3n) is 3.75. The molecule has 4 rings (SSSR count). The molecule has 1 aromatic carbocycles. The zero-order valence-corrected chi connectivity index (χ0v) is 17.2. The van der Waals surface area contributed by atoms with Crippen LogP contribution in [-0.2, 0) is 4.79 Å². The van der Waals surface area contributed by atoms with E-state index in [4.69, 9.17) is 30.6 Å². The highest BCUT2D eigenvalue weighted by atomic mass is 35.5. The molecule has 2 aromatic rings. The second kappa shape index (κ2) is 10.1. The molecule has 2 aliphatic rings. The standard InChI is InChI=1S/C11H11NO3.C6H3Cl.C3H6O2S/c1-13-10-4-3-8(5-11(10)14-2)9-6-15-7-12-9;7-6-3-4-1-2-5(4)6;1-2(6)3(4)5/h3-7H,1-2H3;1-3H;2,6H,1H3,(H,4,5). The Bertz CT molecular complexity index is 1020. The smallest absolute Gasteiger partial charge is 0.316 e. The summed E-state index contributed by atoms with van der Waals surface area (Å²) in [5.41, 5.74) is 1.71. The second-order valence-corrected chi connectivity index (χ2v) is 6.83. The maximum atomic E-state index is 9.62. The molecule has 0 amide bonds. The van der Waals surface area contributed by atoms with Crippen molar-refractivity contribution in [3.8, 4) is 22.8 Å². The maximum Gasteiger partial charge on any atom is 0.316 e. The summed E-state index contributed by atoms with van der Waals surface area (Å²) in [6, 6.07) is 11.6. The first-order valence-corrected chi connectivity index (χ1v) is 9.08. The average molecular weight is 422 g/mol. The quantitative estimate of drug-likeness (QED) is 0.465. The van der Waals surface area contributed by atoms with Gasteiger partial charge in [-0.1, -0.05) is 23.7 Å². The largest absolute Gasteiger partial charge is 0.493 e. The van der Waals surface area contributed by atoms with E-state index in [-0.39, 0.29) is 0 Å². The average Bonchev–Trinajstić information content (AvgIpc) is 3.21. The number of carboxylic acid groups (broad SMARTS) is 1. The highest BCUT2D eigenvalue weighted by molar-refractivity contribution is 7.81. The predicted molar refractivity (Wildman–Crippen MR) is 110 cm³/mol. The van der Waals surface area contributed by atoms with Crippen molar-refractivity contribution >= 4 is 30.2 Å². The number of carboxylic acids is 1. The molecule has 0 saturated heterocycles. The number of nitrogens with zero attached hydrogens (tertiary/aromatic N) is 1. The van der Waals surface area contributed by atoms with Gasteiger partial charge in [-0.3, -0.25) is 4.79 Å². The van der Waals surface area contributed by atoms with Gasteiger partial charge in [0.05, 0.1) is 19.5 Å². The molecular formula is C20H20ClNO5S. The first kappa shape index (κ1) is 21.7. The van der Waals surface area contributed by atoms with Crippen LogP contribution in [0.3, 0.4) is 0 Å². The monoisotopic (exact) mass is 421 g/mol. The molecule has 0 radical (unpaired) electrons. The van der Waals surface area contributed by atoms with E-state index >= 15 is 0 Å². The molecule has 2 aliphatic carbocycles. The summed E-state index contributed by atoms with van der Waals surface area (Å²) >= 11 is 9.19. The van der Waals surface area contributed by atoms with Crippen LogP contribution in [0, 0.1) is 10.4 Å². The fourth-order valence-corrected chi connectivity index (χ4v) is 2.38. The third kappa shape index (κ3) is 5.43. The first-order chi connectivity index (χ1) is 13.4. The molecule has 1 unspecified atom stereocenters. The van der Waals surface area contributed by atoms with Crippen molar-refractivity contribution in [3.63, 3.8) is 0 Å². The van der Waals surface area contributed by atoms with Gasteiger partial charge >= 0.3 is 5.97 Å². The van der Waals surface area contributed by atoms with Crippen LogP contribution in [0.2, 0.25) is 5.02 Å². The van der Waals surface area contributed by atoms with Gasteiger partial charge < -0.3 is 19.0 Å². The molecule has 1 heterocycles. The van der Waals surface area contributed by atoms with Crippen molar-refractivity contribution in [2.45, 2.75) is 12.2 Å². The van der Waals surface area contributed by atoms with Crippen LogP contribution in [0.5, 0.6) is 11.5 Å².